The van der Waals surface area contributed by atoms with Crippen molar-refractivity contribution in [1.29, 1.82) is 0 Å². The maximum atomic E-state index is 12.6. The maximum absolute atomic E-state index is 12.6. The van der Waals surface area contributed by atoms with Gasteiger partial charge in [0.05, 0.1) is 12.3 Å². The first-order chi connectivity index (χ1) is 11.7. The summed E-state index contributed by atoms with van der Waals surface area (Å²) in [6.07, 6.45) is -3.31. The van der Waals surface area contributed by atoms with Crippen LogP contribution in [0.1, 0.15) is 15.9 Å². The van der Waals surface area contributed by atoms with E-state index in [9.17, 15) is 27.6 Å². The standard InChI is InChI=1S/C16H15F3N2O3S/c1-2-6-20(10-16(17,18)19)14(23)12-5-3-4-11(7-12)8-21-13(22)9-25-15(21)24/h2-5,7H,1,6,8-10H2. The van der Waals surface area contributed by atoms with Gasteiger partial charge in [-0.25, -0.2) is 0 Å². The zero-order valence-electron chi connectivity index (χ0n) is 13.1. The Balaban J connectivity index is 2.18. The van der Waals surface area contributed by atoms with E-state index in [2.05, 4.69) is 6.58 Å². The molecule has 0 atom stereocenters. The summed E-state index contributed by atoms with van der Waals surface area (Å²) in [5.74, 6) is -1.07. The van der Waals surface area contributed by atoms with Crippen LogP contribution in [0.2, 0.25) is 0 Å². The van der Waals surface area contributed by atoms with Crippen LogP contribution in [-0.2, 0) is 11.3 Å². The lowest BCUT2D eigenvalue weighted by atomic mass is 10.1. The predicted octanol–water partition coefficient (Wildman–Crippen LogP) is 3.07. The second kappa shape index (κ2) is 7.73. The number of benzene rings is 1. The van der Waals surface area contributed by atoms with E-state index in [1.54, 1.807) is 6.07 Å². The van der Waals surface area contributed by atoms with Gasteiger partial charge in [0.25, 0.3) is 11.1 Å². The molecule has 2 rings (SSSR count). The Morgan fingerprint density at radius 2 is 2.08 bits per heavy atom. The lowest BCUT2D eigenvalue weighted by molar-refractivity contribution is -0.139. The Kier molecular flexibility index (Phi) is 5.89. The van der Waals surface area contributed by atoms with Crippen LogP contribution in [0.15, 0.2) is 36.9 Å². The van der Waals surface area contributed by atoms with Crippen LogP contribution in [0.5, 0.6) is 0 Å². The molecule has 1 saturated heterocycles. The number of rotatable bonds is 6. The van der Waals surface area contributed by atoms with Gasteiger partial charge in [0.15, 0.2) is 0 Å². The van der Waals surface area contributed by atoms with Gasteiger partial charge in [-0.2, -0.15) is 13.2 Å². The number of halogens is 3. The summed E-state index contributed by atoms with van der Waals surface area (Å²) in [6, 6.07) is 5.88. The van der Waals surface area contributed by atoms with Crippen molar-refractivity contribution in [2.75, 3.05) is 18.8 Å². The zero-order chi connectivity index (χ0) is 18.6. The van der Waals surface area contributed by atoms with E-state index in [1.807, 2.05) is 0 Å². The normalized spacial score (nSPS) is 14.8. The number of carbonyl (C=O) groups excluding carboxylic acids is 3. The van der Waals surface area contributed by atoms with Crippen molar-refractivity contribution in [2.24, 2.45) is 0 Å². The molecule has 1 aromatic carbocycles. The van der Waals surface area contributed by atoms with Gasteiger partial charge in [-0.3, -0.25) is 19.3 Å². The van der Waals surface area contributed by atoms with E-state index in [1.165, 1.54) is 24.3 Å². The van der Waals surface area contributed by atoms with Crippen molar-refractivity contribution in [3.8, 4) is 0 Å². The summed E-state index contributed by atoms with van der Waals surface area (Å²) >= 11 is 0.887. The monoisotopic (exact) mass is 372 g/mol. The second-order valence-corrected chi connectivity index (χ2v) is 6.25. The predicted molar refractivity (Wildman–Crippen MR) is 87.0 cm³/mol. The van der Waals surface area contributed by atoms with Gasteiger partial charge in [-0.05, 0) is 17.7 Å². The molecule has 3 amide bonds. The van der Waals surface area contributed by atoms with Gasteiger partial charge in [-0.15, -0.1) is 6.58 Å². The smallest absolute Gasteiger partial charge is 0.326 e. The van der Waals surface area contributed by atoms with E-state index in [-0.39, 0.29) is 35.6 Å². The Morgan fingerprint density at radius 1 is 1.36 bits per heavy atom. The molecule has 1 aromatic rings. The highest BCUT2D eigenvalue weighted by atomic mass is 32.2. The fraction of sp³-hybridized carbons (Fsp3) is 0.312. The van der Waals surface area contributed by atoms with Crippen LogP contribution < -0.4 is 0 Å². The minimum absolute atomic E-state index is 0.0213. The van der Waals surface area contributed by atoms with Crippen LogP contribution in [0, 0.1) is 0 Å². The molecule has 0 N–H and O–H groups in total. The molecule has 1 fully saturated rings. The highest BCUT2D eigenvalue weighted by molar-refractivity contribution is 8.14. The van der Waals surface area contributed by atoms with E-state index in [4.69, 9.17) is 0 Å². The largest absolute Gasteiger partial charge is 0.406 e. The van der Waals surface area contributed by atoms with Crippen LogP contribution in [0.4, 0.5) is 18.0 Å². The molecule has 9 heteroatoms. The Bertz CT molecular complexity index is 690. The number of amides is 3. The summed E-state index contributed by atoms with van der Waals surface area (Å²) in [4.78, 5) is 37.3. The van der Waals surface area contributed by atoms with Crippen LogP contribution in [-0.4, -0.2) is 51.9 Å². The highest BCUT2D eigenvalue weighted by Gasteiger charge is 2.33. The average molecular weight is 372 g/mol. The van der Waals surface area contributed by atoms with Gasteiger partial charge in [0, 0.05) is 12.1 Å². The number of imide groups is 1. The molecule has 0 unspecified atom stereocenters. The van der Waals surface area contributed by atoms with Gasteiger partial charge < -0.3 is 4.90 Å². The zero-order valence-corrected chi connectivity index (χ0v) is 13.9. The third-order valence-electron chi connectivity index (χ3n) is 3.36. The van der Waals surface area contributed by atoms with E-state index in [0.717, 1.165) is 16.7 Å². The molecular weight excluding hydrogens is 357 g/mol. The molecule has 0 aliphatic carbocycles. The van der Waals surface area contributed by atoms with Crippen molar-refractivity contribution in [2.45, 2.75) is 12.7 Å². The molecule has 1 aliphatic rings. The summed E-state index contributed by atoms with van der Waals surface area (Å²) in [6.45, 7) is 1.71. The number of carbonyl (C=O) groups is 3. The summed E-state index contributed by atoms with van der Waals surface area (Å²) < 4.78 is 37.9. The third kappa shape index (κ3) is 5.09. The van der Waals surface area contributed by atoms with E-state index < -0.39 is 18.6 Å². The van der Waals surface area contributed by atoms with Crippen molar-refractivity contribution >= 4 is 28.8 Å². The first kappa shape index (κ1) is 19.0. The van der Waals surface area contributed by atoms with Crippen molar-refractivity contribution in [3.63, 3.8) is 0 Å². The Morgan fingerprint density at radius 3 is 2.64 bits per heavy atom. The Hall–Kier alpha value is -2.29. The summed E-state index contributed by atoms with van der Waals surface area (Å²) in [7, 11) is 0. The van der Waals surface area contributed by atoms with Gasteiger partial charge in [-0.1, -0.05) is 30.0 Å². The molecule has 134 valence electrons. The summed E-state index contributed by atoms with van der Waals surface area (Å²) in [5.41, 5.74) is 0.538. The topological polar surface area (TPSA) is 57.7 Å². The number of nitrogens with zero attached hydrogens (tertiary/aromatic N) is 2. The lowest BCUT2D eigenvalue weighted by Gasteiger charge is -2.23. The molecule has 25 heavy (non-hydrogen) atoms. The quantitative estimate of drug-likeness (QED) is 0.720. The number of thioether (sulfide) groups is 1. The molecular formula is C16H15F3N2O3S. The van der Waals surface area contributed by atoms with Gasteiger partial charge in [0.2, 0.25) is 5.91 Å². The minimum atomic E-state index is -4.53. The van der Waals surface area contributed by atoms with Gasteiger partial charge >= 0.3 is 6.18 Å². The van der Waals surface area contributed by atoms with E-state index in [0.29, 0.717) is 10.5 Å². The number of alkyl halides is 3. The van der Waals surface area contributed by atoms with Crippen LogP contribution >= 0.6 is 11.8 Å². The van der Waals surface area contributed by atoms with Crippen molar-refractivity contribution < 1.29 is 27.6 Å². The molecule has 0 bridgehead atoms. The molecule has 5 nitrogen and oxygen atoms in total. The average Bonchev–Trinajstić information content (AvgIpc) is 2.85. The highest BCUT2D eigenvalue weighted by Crippen LogP contribution is 2.22. The van der Waals surface area contributed by atoms with E-state index >= 15 is 0 Å². The second-order valence-electron chi connectivity index (χ2n) is 5.32. The summed E-state index contributed by atoms with van der Waals surface area (Å²) in [5, 5.41) is -0.382. The molecule has 0 spiro atoms. The SMILES string of the molecule is C=CCN(CC(F)(F)F)C(=O)c1cccc(CN2C(=O)CSC2=O)c1. The Labute approximate surface area is 146 Å². The molecule has 0 saturated carbocycles. The minimum Gasteiger partial charge on any atom is -0.326 e. The lowest BCUT2D eigenvalue weighted by Crippen LogP contribution is -2.39. The van der Waals surface area contributed by atoms with Crippen molar-refractivity contribution in [3.05, 3.63) is 48.0 Å². The molecule has 0 aromatic heterocycles. The fourth-order valence-corrected chi connectivity index (χ4v) is 3.02. The third-order valence-corrected chi connectivity index (χ3v) is 4.22. The first-order valence-corrected chi connectivity index (χ1v) is 8.23. The molecule has 1 heterocycles. The van der Waals surface area contributed by atoms with Gasteiger partial charge in [0.1, 0.15) is 6.54 Å². The number of hydrogen-bond acceptors (Lipinski definition) is 4. The fourth-order valence-electron chi connectivity index (χ4n) is 2.29. The molecule has 0 radical (unpaired) electrons. The first-order valence-electron chi connectivity index (χ1n) is 7.24. The van der Waals surface area contributed by atoms with Crippen LogP contribution in [0.25, 0.3) is 0 Å². The van der Waals surface area contributed by atoms with Crippen molar-refractivity contribution in [1.82, 2.24) is 9.80 Å². The maximum Gasteiger partial charge on any atom is 0.406 e. The van der Waals surface area contributed by atoms with Crippen LogP contribution in [0.3, 0.4) is 0 Å². The molecule has 1 aliphatic heterocycles. The number of hydrogen-bond donors (Lipinski definition) is 0.